The molecule has 3 nitrogen and oxygen atoms in total. The first-order valence-electron chi connectivity index (χ1n) is 9.82. The number of nitrogens with zero attached hydrogens (tertiary/aromatic N) is 2. The van der Waals surface area contributed by atoms with Gasteiger partial charge in [-0.15, -0.1) is 0 Å². The molecular formula is C25H22F2N2O. The fourth-order valence-corrected chi connectivity index (χ4v) is 3.69. The molecule has 4 rings (SSSR count). The first-order chi connectivity index (χ1) is 14.5. The summed E-state index contributed by atoms with van der Waals surface area (Å²) in [5.41, 5.74) is 1.82. The van der Waals surface area contributed by atoms with Crippen molar-refractivity contribution < 1.29 is 13.9 Å². The normalized spacial score (nSPS) is 13.2. The van der Waals surface area contributed by atoms with Crippen molar-refractivity contribution in [3.8, 4) is 0 Å². The molecule has 0 amide bonds. The predicted octanol–water partition coefficient (Wildman–Crippen LogP) is 5.08. The lowest BCUT2D eigenvalue weighted by Gasteiger charge is -2.30. The number of hydrogen-bond acceptors (Lipinski definition) is 2. The Bertz CT molecular complexity index is 1090. The first kappa shape index (κ1) is 20.0. The summed E-state index contributed by atoms with van der Waals surface area (Å²) in [5.74, 6) is -0.661. The largest absolute Gasteiger partial charge is 0.379 e. The van der Waals surface area contributed by atoms with Crippen molar-refractivity contribution in [2.75, 3.05) is 0 Å². The number of aromatic nitrogens is 2. The van der Waals surface area contributed by atoms with Crippen molar-refractivity contribution in [3.63, 3.8) is 0 Å². The molecule has 1 N–H and O–H groups in total. The van der Waals surface area contributed by atoms with Crippen LogP contribution in [0.15, 0.2) is 91.4 Å². The van der Waals surface area contributed by atoms with Crippen LogP contribution in [0.25, 0.3) is 0 Å². The standard InChI is InChI=1S/C25H22F2N2O/c26-22-10-6-19(7-11-22)14-15-25(30,21-8-12-23(27)13-9-21)24-16-28-18-29(24)17-20-4-2-1-3-5-20/h1-13,16,18,30H,14-15,17H2. The van der Waals surface area contributed by atoms with E-state index >= 15 is 0 Å². The number of halogens is 2. The highest BCUT2D eigenvalue weighted by Crippen LogP contribution is 2.34. The molecule has 0 bridgehead atoms. The van der Waals surface area contributed by atoms with E-state index in [2.05, 4.69) is 4.98 Å². The van der Waals surface area contributed by atoms with Crippen LogP contribution >= 0.6 is 0 Å². The van der Waals surface area contributed by atoms with Gasteiger partial charge in [-0.05, 0) is 53.8 Å². The molecule has 0 aliphatic carbocycles. The molecule has 1 aromatic heterocycles. The molecule has 3 aromatic carbocycles. The summed E-state index contributed by atoms with van der Waals surface area (Å²) < 4.78 is 28.7. The van der Waals surface area contributed by atoms with Gasteiger partial charge in [0.15, 0.2) is 0 Å². The van der Waals surface area contributed by atoms with Crippen LogP contribution in [-0.2, 0) is 18.6 Å². The molecule has 0 radical (unpaired) electrons. The highest BCUT2D eigenvalue weighted by molar-refractivity contribution is 5.33. The third-order valence-electron chi connectivity index (χ3n) is 5.34. The number of benzene rings is 3. The van der Waals surface area contributed by atoms with Gasteiger partial charge in [0.2, 0.25) is 0 Å². The molecule has 0 saturated carbocycles. The maximum Gasteiger partial charge on any atom is 0.131 e. The fraction of sp³-hybridized carbons (Fsp3) is 0.160. The minimum absolute atomic E-state index is 0.298. The van der Waals surface area contributed by atoms with Crippen LogP contribution in [-0.4, -0.2) is 14.7 Å². The van der Waals surface area contributed by atoms with E-state index in [1.807, 2.05) is 34.9 Å². The Morgan fingerprint density at radius 3 is 2.10 bits per heavy atom. The van der Waals surface area contributed by atoms with Crippen LogP contribution in [0.3, 0.4) is 0 Å². The third kappa shape index (κ3) is 4.31. The monoisotopic (exact) mass is 404 g/mol. The van der Waals surface area contributed by atoms with Crippen molar-refractivity contribution in [1.29, 1.82) is 0 Å². The lowest BCUT2D eigenvalue weighted by molar-refractivity contribution is 0.0631. The minimum atomic E-state index is -1.38. The molecule has 1 heterocycles. The summed E-state index contributed by atoms with van der Waals surface area (Å²) in [6.07, 6.45) is 4.20. The van der Waals surface area contributed by atoms with E-state index in [9.17, 15) is 13.9 Å². The molecule has 1 atom stereocenters. The Hall–Kier alpha value is -3.31. The van der Waals surface area contributed by atoms with Gasteiger partial charge in [0.05, 0.1) is 18.2 Å². The van der Waals surface area contributed by atoms with Gasteiger partial charge in [0, 0.05) is 6.54 Å². The first-order valence-corrected chi connectivity index (χ1v) is 9.82. The fourth-order valence-electron chi connectivity index (χ4n) is 3.69. The number of hydrogen-bond donors (Lipinski definition) is 1. The lowest BCUT2D eigenvalue weighted by atomic mass is 9.85. The van der Waals surface area contributed by atoms with E-state index in [0.29, 0.717) is 30.6 Å². The van der Waals surface area contributed by atoms with Gasteiger partial charge in [-0.25, -0.2) is 13.8 Å². The van der Waals surface area contributed by atoms with E-state index in [4.69, 9.17) is 0 Å². The summed E-state index contributed by atoms with van der Waals surface area (Å²) in [6, 6.07) is 22.0. The van der Waals surface area contributed by atoms with Gasteiger partial charge in [-0.3, -0.25) is 0 Å². The van der Waals surface area contributed by atoms with Crippen LogP contribution in [0, 0.1) is 11.6 Å². The Morgan fingerprint density at radius 1 is 0.800 bits per heavy atom. The summed E-state index contributed by atoms with van der Waals surface area (Å²) in [7, 11) is 0. The maximum atomic E-state index is 13.5. The molecular weight excluding hydrogens is 382 g/mol. The van der Waals surface area contributed by atoms with Crippen molar-refractivity contribution in [2.24, 2.45) is 0 Å². The molecule has 0 aliphatic heterocycles. The average molecular weight is 404 g/mol. The molecule has 4 aromatic rings. The van der Waals surface area contributed by atoms with Gasteiger partial charge in [0.25, 0.3) is 0 Å². The van der Waals surface area contributed by atoms with Crippen molar-refractivity contribution in [2.45, 2.75) is 25.0 Å². The second-order valence-corrected chi connectivity index (χ2v) is 7.39. The zero-order valence-corrected chi connectivity index (χ0v) is 16.4. The molecule has 5 heteroatoms. The molecule has 0 aliphatic rings. The van der Waals surface area contributed by atoms with Gasteiger partial charge in [-0.1, -0.05) is 54.6 Å². The minimum Gasteiger partial charge on any atom is -0.379 e. The molecule has 1 unspecified atom stereocenters. The second kappa shape index (κ2) is 8.59. The molecule has 30 heavy (non-hydrogen) atoms. The van der Waals surface area contributed by atoms with Gasteiger partial charge in [-0.2, -0.15) is 0 Å². The molecule has 152 valence electrons. The average Bonchev–Trinajstić information content (AvgIpc) is 3.23. The number of aryl methyl sites for hydroxylation is 1. The van der Waals surface area contributed by atoms with Crippen molar-refractivity contribution in [3.05, 3.63) is 125 Å². The topological polar surface area (TPSA) is 38.1 Å². The Morgan fingerprint density at radius 2 is 1.43 bits per heavy atom. The van der Waals surface area contributed by atoms with Crippen LogP contribution in [0.4, 0.5) is 8.78 Å². The van der Waals surface area contributed by atoms with E-state index in [1.165, 1.54) is 24.3 Å². The maximum absolute atomic E-state index is 13.5. The van der Waals surface area contributed by atoms with Crippen LogP contribution in [0.5, 0.6) is 0 Å². The predicted molar refractivity (Wildman–Crippen MR) is 112 cm³/mol. The van der Waals surface area contributed by atoms with Crippen LogP contribution in [0.2, 0.25) is 0 Å². The van der Waals surface area contributed by atoms with E-state index < -0.39 is 5.60 Å². The quantitative estimate of drug-likeness (QED) is 0.467. The molecule has 0 spiro atoms. The third-order valence-corrected chi connectivity index (χ3v) is 5.34. The summed E-state index contributed by atoms with van der Waals surface area (Å²) >= 11 is 0. The Kier molecular flexibility index (Phi) is 5.72. The lowest BCUT2D eigenvalue weighted by Crippen LogP contribution is -2.31. The number of rotatable bonds is 7. The number of imidazole rings is 1. The summed E-state index contributed by atoms with van der Waals surface area (Å²) in [4.78, 5) is 4.27. The van der Waals surface area contributed by atoms with E-state index in [1.54, 1.807) is 36.8 Å². The molecule has 0 saturated heterocycles. The van der Waals surface area contributed by atoms with Crippen molar-refractivity contribution in [1.82, 2.24) is 9.55 Å². The smallest absolute Gasteiger partial charge is 0.131 e. The van der Waals surface area contributed by atoms with Gasteiger partial charge >= 0.3 is 0 Å². The van der Waals surface area contributed by atoms with E-state index in [-0.39, 0.29) is 11.6 Å². The highest BCUT2D eigenvalue weighted by Gasteiger charge is 2.34. The summed E-state index contributed by atoms with van der Waals surface area (Å²) in [5, 5.41) is 11.9. The van der Waals surface area contributed by atoms with Crippen molar-refractivity contribution >= 4 is 0 Å². The van der Waals surface area contributed by atoms with Gasteiger partial charge < -0.3 is 9.67 Å². The number of aliphatic hydroxyl groups is 1. The zero-order chi connectivity index (χ0) is 21.0. The Balaban J connectivity index is 1.69. The van der Waals surface area contributed by atoms with Crippen LogP contribution in [0.1, 0.15) is 28.8 Å². The second-order valence-electron chi connectivity index (χ2n) is 7.39. The SMILES string of the molecule is OC(CCc1ccc(F)cc1)(c1ccc(F)cc1)c1cncn1Cc1ccccc1. The van der Waals surface area contributed by atoms with Crippen LogP contribution < -0.4 is 0 Å². The zero-order valence-electron chi connectivity index (χ0n) is 16.4. The Labute approximate surface area is 174 Å². The molecule has 0 fully saturated rings. The summed E-state index contributed by atoms with van der Waals surface area (Å²) in [6.45, 7) is 0.552. The highest BCUT2D eigenvalue weighted by atomic mass is 19.1. The van der Waals surface area contributed by atoms with E-state index in [0.717, 1.165) is 11.1 Å². The van der Waals surface area contributed by atoms with Gasteiger partial charge in [0.1, 0.15) is 17.2 Å².